The zero-order chi connectivity index (χ0) is 12.3. The number of halogens is 1. The van der Waals surface area contributed by atoms with Crippen LogP contribution in [0.25, 0.3) is 0 Å². The molecule has 0 radical (unpaired) electrons. The SMILES string of the molecule is CSc1ccc(C(=O)Cc2cc(Br)cs2)cc1. The van der Waals surface area contributed by atoms with Gasteiger partial charge in [0.25, 0.3) is 0 Å². The first-order valence-corrected chi connectivity index (χ1v) is 7.99. The van der Waals surface area contributed by atoms with Gasteiger partial charge < -0.3 is 0 Å². The fourth-order valence-corrected chi connectivity index (χ4v) is 3.34. The standard InChI is InChI=1S/C13H11BrOS2/c1-16-11-4-2-9(3-5-11)13(15)7-12-6-10(14)8-17-12/h2-6,8H,7H2,1H3. The number of hydrogen-bond acceptors (Lipinski definition) is 3. The summed E-state index contributed by atoms with van der Waals surface area (Å²) in [7, 11) is 0. The lowest BCUT2D eigenvalue weighted by molar-refractivity contribution is 0.0994. The minimum absolute atomic E-state index is 0.173. The summed E-state index contributed by atoms with van der Waals surface area (Å²) in [5.41, 5.74) is 0.785. The number of benzene rings is 1. The third kappa shape index (κ3) is 3.44. The van der Waals surface area contributed by atoms with Crippen molar-refractivity contribution in [3.05, 3.63) is 50.6 Å². The van der Waals surface area contributed by atoms with E-state index < -0.39 is 0 Å². The first-order valence-electron chi connectivity index (χ1n) is 5.09. The number of rotatable bonds is 4. The van der Waals surface area contributed by atoms with Crippen LogP contribution in [-0.2, 0) is 6.42 Å². The van der Waals surface area contributed by atoms with Crippen LogP contribution in [0, 0.1) is 0 Å². The van der Waals surface area contributed by atoms with E-state index in [0.717, 1.165) is 14.9 Å². The molecule has 0 fully saturated rings. The van der Waals surface area contributed by atoms with Gasteiger partial charge in [0.2, 0.25) is 0 Å². The number of carbonyl (C=O) groups is 1. The zero-order valence-corrected chi connectivity index (χ0v) is 12.5. The van der Waals surface area contributed by atoms with Crippen LogP contribution in [-0.4, -0.2) is 12.0 Å². The molecule has 1 heterocycles. The Bertz CT molecular complexity index is 516. The second-order valence-corrected chi connectivity index (χ2v) is 6.35. The van der Waals surface area contributed by atoms with E-state index in [1.165, 1.54) is 4.90 Å². The van der Waals surface area contributed by atoms with Crippen LogP contribution in [0.5, 0.6) is 0 Å². The lowest BCUT2D eigenvalue weighted by atomic mass is 10.1. The largest absolute Gasteiger partial charge is 0.294 e. The summed E-state index contributed by atoms with van der Waals surface area (Å²) < 4.78 is 1.04. The Balaban J connectivity index is 2.09. The summed E-state index contributed by atoms with van der Waals surface area (Å²) in [5.74, 6) is 0.173. The van der Waals surface area contributed by atoms with Gasteiger partial charge in [0.05, 0.1) is 0 Å². The molecule has 17 heavy (non-hydrogen) atoms. The molecule has 2 rings (SSSR count). The molecule has 0 saturated heterocycles. The Morgan fingerprint density at radius 1 is 1.35 bits per heavy atom. The molecule has 88 valence electrons. The maximum Gasteiger partial charge on any atom is 0.168 e. The second-order valence-electron chi connectivity index (χ2n) is 3.56. The minimum atomic E-state index is 0.173. The van der Waals surface area contributed by atoms with Crippen molar-refractivity contribution >= 4 is 44.8 Å². The number of Topliss-reactive ketones (excluding diaryl/α,β-unsaturated/α-hetero) is 1. The molecule has 4 heteroatoms. The number of hydrogen-bond donors (Lipinski definition) is 0. The molecule has 0 N–H and O–H groups in total. The Labute approximate surface area is 117 Å². The molecule has 0 spiro atoms. The van der Waals surface area contributed by atoms with Crippen molar-refractivity contribution < 1.29 is 4.79 Å². The molecule has 0 bridgehead atoms. The van der Waals surface area contributed by atoms with E-state index >= 15 is 0 Å². The van der Waals surface area contributed by atoms with Crippen molar-refractivity contribution in [3.63, 3.8) is 0 Å². The molecule has 0 aliphatic heterocycles. The molecule has 0 aliphatic carbocycles. The summed E-state index contributed by atoms with van der Waals surface area (Å²) in [6.45, 7) is 0. The van der Waals surface area contributed by atoms with Gasteiger partial charge in [0.1, 0.15) is 0 Å². The fraction of sp³-hybridized carbons (Fsp3) is 0.154. The smallest absolute Gasteiger partial charge is 0.168 e. The molecular formula is C13H11BrOS2. The first-order chi connectivity index (χ1) is 8.19. The summed E-state index contributed by atoms with van der Waals surface area (Å²) in [4.78, 5) is 14.3. The third-order valence-electron chi connectivity index (χ3n) is 2.37. The average molecular weight is 327 g/mol. The third-order valence-corrected chi connectivity index (χ3v) is 4.81. The zero-order valence-electron chi connectivity index (χ0n) is 9.27. The van der Waals surface area contributed by atoms with Gasteiger partial charge in [0, 0.05) is 31.6 Å². The van der Waals surface area contributed by atoms with E-state index in [2.05, 4.69) is 15.9 Å². The highest BCUT2D eigenvalue weighted by atomic mass is 79.9. The molecule has 0 unspecified atom stereocenters. The summed E-state index contributed by atoms with van der Waals surface area (Å²) >= 11 is 6.68. The van der Waals surface area contributed by atoms with Gasteiger partial charge in [-0.1, -0.05) is 12.1 Å². The van der Waals surface area contributed by atoms with E-state index in [1.54, 1.807) is 23.1 Å². The molecule has 2 aromatic rings. The highest BCUT2D eigenvalue weighted by Crippen LogP contribution is 2.22. The van der Waals surface area contributed by atoms with Gasteiger partial charge in [-0.3, -0.25) is 4.79 Å². The van der Waals surface area contributed by atoms with Crippen molar-refractivity contribution in [2.45, 2.75) is 11.3 Å². The van der Waals surface area contributed by atoms with Crippen LogP contribution in [0.1, 0.15) is 15.2 Å². The van der Waals surface area contributed by atoms with Gasteiger partial charge in [0.15, 0.2) is 5.78 Å². The van der Waals surface area contributed by atoms with Crippen LogP contribution < -0.4 is 0 Å². The Kier molecular flexibility index (Phi) is 4.42. The first kappa shape index (κ1) is 12.9. The maximum atomic E-state index is 12.0. The normalized spacial score (nSPS) is 10.5. The number of thioether (sulfide) groups is 1. The molecule has 0 amide bonds. The predicted molar refractivity (Wildman–Crippen MR) is 78.3 cm³/mol. The van der Waals surface area contributed by atoms with Crippen molar-refractivity contribution in [2.24, 2.45) is 0 Å². The Hall–Kier alpha value is -0.580. The Morgan fingerprint density at radius 2 is 2.06 bits per heavy atom. The number of carbonyl (C=O) groups excluding carboxylic acids is 1. The lowest BCUT2D eigenvalue weighted by Gasteiger charge is -2.00. The van der Waals surface area contributed by atoms with E-state index in [0.29, 0.717) is 6.42 Å². The van der Waals surface area contributed by atoms with Gasteiger partial charge in [-0.25, -0.2) is 0 Å². The highest BCUT2D eigenvalue weighted by molar-refractivity contribution is 9.10. The summed E-state index contributed by atoms with van der Waals surface area (Å²) in [6, 6.07) is 9.77. The topological polar surface area (TPSA) is 17.1 Å². The van der Waals surface area contributed by atoms with Crippen LogP contribution in [0.15, 0.2) is 45.1 Å². The van der Waals surface area contributed by atoms with Crippen molar-refractivity contribution in [1.29, 1.82) is 0 Å². The molecule has 0 atom stereocenters. The van der Waals surface area contributed by atoms with E-state index in [4.69, 9.17) is 0 Å². The monoisotopic (exact) mass is 326 g/mol. The maximum absolute atomic E-state index is 12.0. The lowest BCUT2D eigenvalue weighted by Crippen LogP contribution is -2.01. The predicted octanol–water partition coefficient (Wildman–Crippen LogP) is 4.66. The van der Waals surface area contributed by atoms with Gasteiger partial charge in [-0.15, -0.1) is 23.1 Å². The van der Waals surface area contributed by atoms with E-state index in [9.17, 15) is 4.79 Å². The molecule has 1 aromatic heterocycles. The van der Waals surface area contributed by atoms with Crippen LogP contribution in [0.4, 0.5) is 0 Å². The van der Waals surface area contributed by atoms with Crippen LogP contribution >= 0.6 is 39.0 Å². The van der Waals surface area contributed by atoms with Crippen LogP contribution in [0.2, 0.25) is 0 Å². The second kappa shape index (κ2) is 5.85. The highest BCUT2D eigenvalue weighted by Gasteiger charge is 2.08. The quantitative estimate of drug-likeness (QED) is 0.600. The van der Waals surface area contributed by atoms with Crippen molar-refractivity contribution in [1.82, 2.24) is 0 Å². The average Bonchev–Trinajstić information content (AvgIpc) is 2.75. The van der Waals surface area contributed by atoms with Crippen molar-refractivity contribution in [3.8, 4) is 0 Å². The van der Waals surface area contributed by atoms with Crippen molar-refractivity contribution in [2.75, 3.05) is 6.26 Å². The number of thiophene rings is 1. The summed E-state index contributed by atoms with van der Waals surface area (Å²) in [6.07, 6.45) is 2.51. The van der Waals surface area contributed by atoms with E-state index in [1.807, 2.05) is 42.0 Å². The van der Waals surface area contributed by atoms with Gasteiger partial charge >= 0.3 is 0 Å². The molecule has 0 aliphatic rings. The molecule has 0 saturated carbocycles. The Morgan fingerprint density at radius 3 is 2.59 bits per heavy atom. The minimum Gasteiger partial charge on any atom is -0.294 e. The van der Waals surface area contributed by atoms with Gasteiger partial charge in [-0.05, 0) is 40.4 Å². The van der Waals surface area contributed by atoms with E-state index in [-0.39, 0.29) is 5.78 Å². The molecule has 1 nitrogen and oxygen atoms in total. The molecule has 1 aromatic carbocycles. The summed E-state index contributed by atoms with van der Waals surface area (Å²) in [5, 5.41) is 2.00. The van der Waals surface area contributed by atoms with Crippen LogP contribution in [0.3, 0.4) is 0 Å². The van der Waals surface area contributed by atoms with Gasteiger partial charge in [-0.2, -0.15) is 0 Å². The fourth-order valence-electron chi connectivity index (χ4n) is 1.48. The number of ketones is 1. The molecular weight excluding hydrogens is 316 g/mol.